The molecule has 7 nitrogen and oxygen atoms in total. The first-order valence-electron chi connectivity index (χ1n) is 6.86. The lowest BCUT2D eigenvalue weighted by Crippen LogP contribution is -1.81. The SMILES string of the molecule is Clc1ccc(-c2nnc(SCc3nc(-c4ccco4)no3)o2)cc1. The molecule has 0 amide bonds. The van der Waals surface area contributed by atoms with E-state index >= 15 is 0 Å². The zero-order valence-corrected chi connectivity index (χ0v) is 13.6. The highest BCUT2D eigenvalue weighted by molar-refractivity contribution is 7.98. The van der Waals surface area contributed by atoms with Gasteiger partial charge in [-0.3, -0.25) is 0 Å². The Balaban J connectivity index is 1.42. The summed E-state index contributed by atoms with van der Waals surface area (Å²) in [5.41, 5.74) is 0.802. The van der Waals surface area contributed by atoms with Crippen LogP contribution in [0.4, 0.5) is 0 Å². The number of benzene rings is 1. The van der Waals surface area contributed by atoms with Crippen LogP contribution in [0.2, 0.25) is 5.02 Å². The number of aromatic nitrogens is 4. The van der Waals surface area contributed by atoms with Gasteiger partial charge in [0, 0.05) is 10.6 Å². The first-order valence-corrected chi connectivity index (χ1v) is 8.23. The maximum absolute atomic E-state index is 5.86. The third-order valence-electron chi connectivity index (χ3n) is 3.03. The van der Waals surface area contributed by atoms with Gasteiger partial charge in [-0.05, 0) is 36.4 Å². The summed E-state index contributed by atoms with van der Waals surface area (Å²) in [4.78, 5) is 4.25. The predicted octanol–water partition coefficient (Wildman–Crippen LogP) is 4.33. The highest BCUT2D eigenvalue weighted by Gasteiger charge is 2.14. The van der Waals surface area contributed by atoms with E-state index < -0.39 is 0 Å². The van der Waals surface area contributed by atoms with E-state index in [9.17, 15) is 0 Å². The van der Waals surface area contributed by atoms with Crippen molar-refractivity contribution < 1.29 is 13.4 Å². The molecule has 0 bridgehead atoms. The quantitative estimate of drug-likeness (QED) is 0.486. The molecule has 0 unspecified atom stereocenters. The van der Waals surface area contributed by atoms with E-state index in [0.29, 0.717) is 39.4 Å². The minimum atomic E-state index is 0.406. The predicted molar refractivity (Wildman–Crippen MR) is 86.3 cm³/mol. The summed E-state index contributed by atoms with van der Waals surface area (Å²) in [6, 6.07) is 10.7. The molecule has 0 spiro atoms. The zero-order valence-electron chi connectivity index (χ0n) is 12.0. The number of nitrogens with zero attached hydrogens (tertiary/aromatic N) is 4. The van der Waals surface area contributed by atoms with Crippen LogP contribution >= 0.6 is 23.4 Å². The zero-order chi connectivity index (χ0) is 16.4. The molecule has 0 aliphatic heterocycles. The van der Waals surface area contributed by atoms with Gasteiger partial charge >= 0.3 is 0 Å². The highest BCUT2D eigenvalue weighted by Crippen LogP contribution is 2.26. The van der Waals surface area contributed by atoms with E-state index in [1.165, 1.54) is 11.8 Å². The lowest BCUT2D eigenvalue weighted by molar-refractivity contribution is 0.389. The molecule has 0 saturated heterocycles. The smallest absolute Gasteiger partial charge is 0.277 e. The number of thioether (sulfide) groups is 1. The van der Waals surface area contributed by atoms with Crippen LogP contribution in [0, 0.1) is 0 Å². The van der Waals surface area contributed by atoms with E-state index in [-0.39, 0.29) is 0 Å². The largest absolute Gasteiger partial charge is 0.461 e. The Bertz CT molecular complexity index is 934. The fraction of sp³-hybridized carbons (Fsp3) is 0.0667. The van der Waals surface area contributed by atoms with Gasteiger partial charge in [0.1, 0.15) is 0 Å². The molecule has 3 heterocycles. The van der Waals surface area contributed by atoms with Crippen molar-refractivity contribution in [3.05, 3.63) is 53.6 Å². The minimum absolute atomic E-state index is 0.406. The van der Waals surface area contributed by atoms with Crippen LogP contribution in [0.1, 0.15) is 5.89 Å². The molecule has 4 rings (SSSR count). The summed E-state index contributed by atoms with van der Waals surface area (Å²) in [7, 11) is 0. The average molecular weight is 361 g/mol. The summed E-state index contributed by atoms with van der Waals surface area (Å²) >= 11 is 7.17. The molecule has 120 valence electrons. The second-order valence-electron chi connectivity index (χ2n) is 4.66. The van der Waals surface area contributed by atoms with Crippen molar-refractivity contribution in [1.29, 1.82) is 0 Å². The molecule has 0 aliphatic rings. The Morgan fingerprint density at radius 2 is 1.96 bits per heavy atom. The Morgan fingerprint density at radius 3 is 2.75 bits per heavy atom. The maximum atomic E-state index is 5.86. The van der Waals surface area contributed by atoms with E-state index in [0.717, 1.165) is 5.56 Å². The van der Waals surface area contributed by atoms with Gasteiger partial charge in [0.05, 0.1) is 12.0 Å². The Hall–Kier alpha value is -2.58. The second kappa shape index (κ2) is 6.50. The number of hydrogen-bond donors (Lipinski definition) is 0. The van der Waals surface area contributed by atoms with Crippen molar-refractivity contribution in [1.82, 2.24) is 20.3 Å². The Morgan fingerprint density at radius 1 is 1.08 bits per heavy atom. The van der Waals surface area contributed by atoms with Gasteiger partial charge < -0.3 is 13.4 Å². The topological polar surface area (TPSA) is 91.0 Å². The molecule has 0 N–H and O–H groups in total. The van der Waals surface area contributed by atoms with Crippen molar-refractivity contribution in [3.63, 3.8) is 0 Å². The van der Waals surface area contributed by atoms with Crippen molar-refractivity contribution in [2.45, 2.75) is 11.0 Å². The number of halogens is 1. The monoisotopic (exact) mass is 360 g/mol. The van der Waals surface area contributed by atoms with Gasteiger partial charge in [-0.15, -0.1) is 10.2 Å². The molecule has 9 heteroatoms. The van der Waals surface area contributed by atoms with E-state index in [4.69, 9.17) is 25.0 Å². The normalized spacial score (nSPS) is 11.0. The van der Waals surface area contributed by atoms with Crippen LogP contribution in [-0.2, 0) is 5.75 Å². The highest BCUT2D eigenvalue weighted by atomic mass is 35.5. The molecular formula is C15H9ClN4O3S. The summed E-state index contributed by atoms with van der Waals surface area (Å²) in [6.07, 6.45) is 1.55. The first kappa shape index (κ1) is 15.0. The Kier molecular flexibility index (Phi) is 4.06. The lowest BCUT2D eigenvalue weighted by Gasteiger charge is -1.94. The number of rotatable bonds is 5. The fourth-order valence-corrected chi connectivity index (χ4v) is 2.65. The van der Waals surface area contributed by atoms with Crippen molar-refractivity contribution >= 4 is 23.4 Å². The lowest BCUT2D eigenvalue weighted by atomic mass is 10.2. The third-order valence-corrected chi connectivity index (χ3v) is 4.08. The molecule has 0 aliphatic carbocycles. The summed E-state index contributed by atoms with van der Waals surface area (Å²) < 4.78 is 16.0. The summed E-state index contributed by atoms with van der Waals surface area (Å²) in [6.45, 7) is 0. The third kappa shape index (κ3) is 3.19. The molecule has 0 fully saturated rings. The fourth-order valence-electron chi connectivity index (χ4n) is 1.92. The molecule has 0 atom stereocenters. The minimum Gasteiger partial charge on any atom is -0.461 e. The molecule has 1 aromatic carbocycles. The van der Waals surface area contributed by atoms with Crippen LogP contribution in [0.5, 0.6) is 0 Å². The van der Waals surface area contributed by atoms with Gasteiger partial charge in [0.2, 0.25) is 17.6 Å². The van der Waals surface area contributed by atoms with E-state index in [1.54, 1.807) is 30.5 Å². The van der Waals surface area contributed by atoms with Crippen LogP contribution in [0.3, 0.4) is 0 Å². The molecule has 0 radical (unpaired) electrons. The number of furan rings is 1. The summed E-state index contributed by atoms with van der Waals surface area (Å²) in [5.74, 6) is 2.24. The van der Waals surface area contributed by atoms with Crippen molar-refractivity contribution in [2.75, 3.05) is 0 Å². The van der Waals surface area contributed by atoms with E-state index in [1.807, 2.05) is 12.1 Å². The second-order valence-corrected chi connectivity index (χ2v) is 6.02. The van der Waals surface area contributed by atoms with Crippen LogP contribution in [0.25, 0.3) is 23.0 Å². The molecule has 24 heavy (non-hydrogen) atoms. The number of hydrogen-bond acceptors (Lipinski definition) is 8. The van der Waals surface area contributed by atoms with Crippen LogP contribution in [0.15, 0.2) is 61.2 Å². The van der Waals surface area contributed by atoms with Crippen molar-refractivity contribution in [3.8, 4) is 23.0 Å². The van der Waals surface area contributed by atoms with Gasteiger partial charge in [0.25, 0.3) is 5.22 Å². The first-order chi connectivity index (χ1) is 11.8. The summed E-state index contributed by atoms with van der Waals surface area (Å²) in [5, 5.41) is 12.9. The molecule has 0 saturated carbocycles. The van der Waals surface area contributed by atoms with Gasteiger partial charge in [-0.1, -0.05) is 28.5 Å². The van der Waals surface area contributed by atoms with Gasteiger partial charge in [0.15, 0.2) is 5.76 Å². The average Bonchev–Trinajstić information content (AvgIpc) is 3.34. The van der Waals surface area contributed by atoms with Crippen LogP contribution < -0.4 is 0 Å². The van der Waals surface area contributed by atoms with Gasteiger partial charge in [-0.25, -0.2) is 0 Å². The van der Waals surface area contributed by atoms with Crippen molar-refractivity contribution in [2.24, 2.45) is 0 Å². The van der Waals surface area contributed by atoms with Crippen LogP contribution in [-0.4, -0.2) is 20.3 Å². The molecular weight excluding hydrogens is 352 g/mol. The van der Waals surface area contributed by atoms with E-state index in [2.05, 4.69) is 20.3 Å². The Labute approximate surface area is 145 Å². The molecule has 3 aromatic heterocycles. The molecule has 4 aromatic rings. The maximum Gasteiger partial charge on any atom is 0.277 e. The van der Waals surface area contributed by atoms with Gasteiger partial charge in [-0.2, -0.15) is 4.98 Å². The standard InChI is InChI=1S/C15H9ClN4O3S/c16-10-5-3-9(4-6-10)14-18-19-15(22-14)24-8-12-17-13(20-23-12)11-2-1-7-21-11/h1-7H,8H2.